The third-order valence-electron chi connectivity index (χ3n) is 3.46. The molecule has 6 heteroatoms. The van der Waals surface area contributed by atoms with E-state index in [2.05, 4.69) is 4.72 Å². The zero-order chi connectivity index (χ0) is 14.0. The van der Waals surface area contributed by atoms with Gasteiger partial charge < -0.3 is 5.11 Å². The number of rotatable bonds is 3. The molecule has 0 radical (unpaired) electrons. The minimum atomic E-state index is -3.70. The van der Waals surface area contributed by atoms with Gasteiger partial charge >= 0.3 is 0 Å². The Morgan fingerprint density at radius 3 is 2.53 bits per heavy atom. The Balaban J connectivity index is 2.16. The molecule has 1 saturated carbocycles. The minimum absolute atomic E-state index is 0.0152. The summed E-state index contributed by atoms with van der Waals surface area (Å²) in [5, 5.41) is 9.40. The molecule has 0 atom stereocenters. The van der Waals surface area contributed by atoms with Gasteiger partial charge in [0.05, 0.1) is 11.0 Å². The summed E-state index contributed by atoms with van der Waals surface area (Å²) in [7, 11) is -3.70. The van der Waals surface area contributed by atoms with E-state index in [1.54, 1.807) is 6.92 Å². The lowest BCUT2D eigenvalue weighted by atomic mass is 9.94. The van der Waals surface area contributed by atoms with Crippen LogP contribution >= 0.6 is 0 Å². The molecule has 106 valence electrons. The molecule has 1 fully saturated rings. The molecule has 19 heavy (non-hydrogen) atoms. The van der Waals surface area contributed by atoms with Crippen LogP contribution in [0.2, 0.25) is 0 Å². The van der Waals surface area contributed by atoms with Crippen molar-refractivity contribution in [1.82, 2.24) is 4.72 Å². The third kappa shape index (κ3) is 3.52. The maximum Gasteiger partial charge on any atom is 0.241 e. The normalized spacial score (nSPS) is 24.4. The van der Waals surface area contributed by atoms with Crippen LogP contribution in [0.1, 0.15) is 31.2 Å². The molecule has 1 aromatic carbocycles. The first-order valence-electron chi connectivity index (χ1n) is 6.35. The second-order valence-corrected chi connectivity index (χ2v) is 6.72. The molecule has 2 rings (SSSR count). The van der Waals surface area contributed by atoms with E-state index in [9.17, 15) is 17.9 Å². The minimum Gasteiger partial charge on any atom is -0.393 e. The lowest BCUT2D eigenvalue weighted by Gasteiger charge is -2.26. The van der Waals surface area contributed by atoms with Crippen LogP contribution in [0.25, 0.3) is 0 Å². The molecule has 1 aromatic rings. The summed E-state index contributed by atoms with van der Waals surface area (Å²) in [5.74, 6) is -0.565. The molecular weight excluding hydrogens is 269 g/mol. The fourth-order valence-corrected chi connectivity index (χ4v) is 3.90. The fourth-order valence-electron chi connectivity index (χ4n) is 2.34. The van der Waals surface area contributed by atoms with E-state index in [4.69, 9.17) is 0 Å². The number of hydrogen-bond donors (Lipinski definition) is 2. The average molecular weight is 287 g/mol. The van der Waals surface area contributed by atoms with Crippen LogP contribution in [0.5, 0.6) is 0 Å². The van der Waals surface area contributed by atoms with Gasteiger partial charge in [-0.2, -0.15) is 0 Å². The summed E-state index contributed by atoms with van der Waals surface area (Å²) in [5.41, 5.74) is 0.518. The van der Waals surface area contributed by atoms with E-state index in [0.29, 0.717) is 31.2 Å². The SMILES string of the molecule is Cc1ccc(F)cc1S(=O)(=O)NC1CCC(O)CC1. The Morgan fingerprint density at radius 1 is 1.26 bits per heavy atom. The highest BCUT2D eigenvalue weighted by Gasteiger charge is 2.25. The van der Waals surface area contributed by atoms with Crippen LogP contribution in [-0.4, -0.2) is 25.7 Å². The van der Waals surface area contributed by atoms with Gasteiger partial charge in [-0.3, -0.25) is 0 Å². The van der Waals surface area contributed by atoms with Gasteiger partial charge in [-0.05, 0) is 50.3 Å². The van der Waals surface area contributed by atoms with Gasteiger partial charge in [-0.15, -0.1) is 0 Å². The van der Waals surface area contributed by atoms with Gasteiger partial charge in [0.25, 0.3) is 0 Å². The molecule has 1 aliphatic carbocycles. The Labute approximate surface area is 112 Å². The number of aryl methyl sites for hydroxylation is 1. The monoisotopic (exact) mass is 287 g/mol. The van der Waals surface area contributed by atoms with Crippen LogP contribution < -0.4 is 4.72 Å². The highest BCUT2D eigenvalue weighted by Crippen LogP contribution is 2.22. The molecule has 0 spiro atoms. The average Bonchev–Trinajstić information content (AvgIpc) is 2.35. The van der Waals surface area contributed by atoms with Crippen LogP contribution in [0.15, 0.2) is 23.1 Å². The highest BCUT2D eigenvalue weighted by atomic mass is 32.2. The van der Waals surface area contributed by atoms with Crippen LogP contribution in [-0.2, 0) is 10.0 Å². The van der Waals surface area contributed by atoms with Crippen molar-refractivity contribution < 1.29 is 17.9 Å². The first-order valence-corrected chi connectivity index (χ1v) is 7.83. The standard InChI is InChI=1S/C13H18FNO3S/c1-9-2-3-10(14)8-13(9)19(17,18)15-11-4-6-12(16)7-5-11/h2-3,8,11-12,15-16H,4-7H2,1H3. The maximum atomic E-state index is 13.2. The number of benzene rings is 1. The van der Waals surface area contributed by atoms with Gasteiger partial charge in [-0.25, -0.2) is 17.5 Å². The maximum absolute atomic E-state index is 13.2. The number of aliphatic hydroxyl groups excluding tert-OH is 1. The van der Waals surface area contributed by atoms with E-state index in [1.165, 1.54) is 12.1 Å². The van der Waals surface area contributed by atoms with Crippen molar-refractivity contribution in [1.29, 1.82) is 0 Å². The van der Waals surface area contributed by atoms with Gasteiger partial charge in [-0.1, -0.05) is 6.07 Å². The van der Waals surface area contributed by atoms with E-state index < -0.39 is 15.8 Å². The molecule has 4 nitrogen and oxygen atoms in total. The van der Waals surface area contributed by atoms with Gasteiger partial charge in [0.15, 0.2) is 0 Å². The van der Waals surface area contributed by atoms with E-state index >= 15 is 0 Å². The van der Waals surface area contributed by atoms with Crippen molar-refractivity contribution in [3.05, 3.63) is 29.6 Å². The number of hydrogen-bond acceptors (Lipinski definition) is 3. The molecule has 0 heterocycles. The predicted octanol–water partition coefficient (Wildman–Crippen LogP) is 1.72. The Kier molecular flexibility index (Phi) is 4.23. The zero-order valence-corrected chi connectivity index (χ0v) is 11.6. The lowest BCUT2D eigenvalue weighted by molar-refractivity contribution is 0.120. The Morgan fingerprint density at radius 2 is 1.89 bits per heavy atom. The molecule has 0 saturated heterocycles. The van der Waals surface area contributed by atoms with Crippen molar-refractivity contribution >= 4 is 10.0 Å². The van der Waals surface area contributed by atoms with Crippen molar-refractivity contribution in [2.75, 3.05) is 0 Å². The largest absolute Gasteiger partial charge is 0.393 e. The fraction of sp³-hybridized carbons (Fsp3) is 0.538. The third-order valence-corrected chi connectivity index (χ3v) is 5.12. The van der Waals surface area contributed by atoms with E-state index in [-0.39, 0.29) is 17.0 Å². The molecule has 1 aliphatic rings. The second-order valence-electron chi connectivity index (χ2n) is 5.04. The topological polar surface area (TPSA) is 66.4 Å². The van der Waals surface area contributed by atoms with Crippen LogP contribution in [0.3, 0.4) is 0 Å². The van der Waals surface area contributed by atoms with Gasteiger partial charge in [0.2, 0.25) is 10.0 Å². The smallest absolute Gasteiger partial charge is 0.241 e. The highest BCUT2D eigenvalue weighted by molar-refractivity contribution is 7.89. The predicted molar refractivity (Wildman–Crippen MR) is 69.7 cm³/mol. The molecule has 0 aromatic heterocycles. The number of aliphatic hydroxyl groups is 1. The quantitative estimate of drug-likeness (QED) is 0.889. The van der Waals surface area contributed by atoms with E-state index in [0.717, 1.165) is 6.07 Å². The molecule has 0 unspecified atom stereocenters. The summed E-state index contributed by atoms with van der Waals surface area (Å²) >= 11 is 0. The van der Waals surface area contributed by atoms with Crippen molar-refractivity contribution in [3.63, 3.8) is 0 Å². The number of sulfonamides is 1. The molecule has 0 aliphatic heterocycles. The van der Waals surface area contributed by atoms with Crippen LogP contribution in [0.4, 0.5) is 4.39 Å². The second kappa shape index (κ2) is 5.56. The summed E-state index contributed by atoms with van der Waals surface area (Å²) in [6.07, 6.45) is 2.06. The zero-order valence-electron chi connectivity index (χ0n) is 10.8. The molecule has 2 N–H and O–H groups in total. The lowest BCUT2D eigenvalue weighted by Crippen LogP contribution is -2.38. The summed E-state index contributed by atoms with van der Waals surface area (Å²) in [6.45, 7) is 1.64. The van der Waals surface area contributed by atoms with Gasteiger partial charge in [0, 0.05) is 6.04 Å². The number of nitrogens with one attached hydrogen (secondary N) is 1. The molecular formula is C13H18FNO3S. The first kappa shape index (κ1) is 14.4. The Hall–Kier alpha value is -0.980. The van der Waals surface area contributed by atoms with E-state index in [1.807, 2.05) is 0 Å². The van der Waals surface area contributed by atoms with Crippen molar-refractivity contribution in [2.24, 2.45) is 0 Å². The molecule has 0 bridgehead atoms. The first-order chi connectivity index (χ1) is 8.88. The van der Waals surface area contributed by atoms with Crippen molar-refractivity contribution in [2.45, 2.75) is 49.6 Å². The number of halogens is 1. The van der Waals surface area contributed by atoms with Gasteiger partial charge in [0.1, 0.15) is 5.82 Å². The molecule has 0 amide bonds. The van der Waals surface area contributed by atoms with Crippen LogP contribution in [0, 0.1) is 12.7 Å². The van der Waals surface area contributed by atoms with Crippen molar-refractivity contribution in [3.8, 4) is 0 Å². The summed E-state index contributed by atoms with van der Waals surface area (Å²) in [6, 6.07) is 3.55. The Bertz CT molecular complexity index is 551. The summed E-state index contributed by atoms with van der Waals surface area (Å²) in [4.78, 5) is -0.0152. The summed E-state index contributed by atoms with van der Waals surface area (Å²) < 4.78 is 40.2.